The largest absolute Gasteiger partial charge is 0.338 e. The maximum absolute atomic E-state index is 12.7. The molecule has 2 heterocycles. The Bertz CT molecular complexity index is 1000. The first-order valence-electron chi connectivity index (χ1n) is 10.3. The van der Waals surface area contributed by atoms with E-state index in [0.29, 0.717) is 29.8 Å². The summed E-state index contributed by atoms with van der Waals surface area (Å²) >= 11 is 6.04. The molecule has 1 unspecified atom stereocenters. The van der Waals surface area contributed by atoms with Crippen LogP contribution in [0, 0.1) is 5.92 Å². The van der Waals surface area contributed by atoms with Crippen molar-refractivity contribution in [2.75, 3.05) is 18.4 Å². The van der Waals surface area contributed by atoms with Crippen molar-refractivity contribution in [1.29, 1.82) is 0 Å². The van der Waals surface area contributed by atoms with Gasteiger partial charge in [0.1, 0.15) is 0 Å². The van der Waals surface area contributed by atoms with Crippen LogP contribution in [0.2, 0.25) is 5.02 Å². The Kier molecular flexibility index (Phi) is 6.45. The van der Waals surface area contributed by atoms with Crippen LogP contribution in [0.4, 0.5) is 5.69 Å². The van der Waals surface area contributed by atoms with Gasteiger partial charge in [-0.1, -0.05) is 47.9 Å². The third kappa shape index (κ3) is 5.07. The molecular formula is C23H25ClN4O2. The molecule has 1 amide bonds. The van der Waals surface area contributed by atoms with E-state index in [1.807, 2.05) is 36.4 Å². The molecule has 6 nitrogen and oxygen atoms in total. The molecule has 1 aromatic heterocycles. The Morgan fingerprint density at radius 3 is 2.87 bits per heavy atom. The molecule has 3 aromatic rings. The fraction of sp³-hybridized carbons (Fsp3) is 0.348. The first kappa shape index (κ1) is 20.6. The second kappa shape index (κ2) is 9.41. The van der Waals surface area contributed by atoms with Gasteiger partial charge in [-0.05, 0) is 55.6 Å². The summed E-state index contributed by atoms with van der Waals surface area (Å²) in [5.74, 6) is 1.07. The van der Waals surface area contributed by atoms with Gasteiger partial charge >= 0.3 is 0 Å². The summed E-state index contributed by atoms with van der Waals surface area (Å²) in [4.78, 5) is 19.4. The Labute approximate surface area is 181 Å². The van der Waals surface area contributed by atoms with Crippen LogP contribution in [-0.4, -0.2) is 34.0 Å². The lowest BCUT2D eigenvalue weighted by Crippen LogP contribution is -2.40. The molecule has 30 heavy (non-hydrogen) atoms. The summed E-state index contributed by atoms with van der Waals surface area (Å²) in [7, 11) is 0. The first-order chi connectivity index (χ1) is 14.6. The highest BCUT2D eigenvalue weighted by molar-refractivity contribution is 6.30. The van der Waals surface area contributed by atoms with Gasteiger partial charge in [0, 0.05) is 22.8 Å². The zero-order valence-electron chi connectivity index (χ0n) is 17.0. The number of carbonyl (C=O) groups is 1. The average Bonchev–Trinajstić information content (AvgIpc) is 3.23. The maximum atomic E-state index is 12.7. The van der Waals surface area contributed by atoms with E-state index >= 15 is 0 Å². The molecule has 2 aromatic carbocycles. The third-order valence-electron chi connectivity index (χ3n) is 5.42. The van der Waals surface area contributed by atoms with Crippen LogP contribution >= 0.6 is 11.6 Å². The van der Waals surface area contributed by atoms with Gasteiger partial charge in [0.05, 0.1) is 12.5 Å². The predicted molar refractivity (Wildman–Crippen MR) is 117 cm³/mol. The van der Waals surface area contributed by atoms with Crippen molar-refractivity contribution >= 4 is 23.2 Å². The van der Waals surface area contributed by atoms with E-state index in [9.17, 15) is 4.79 Å². The Morgan fingerprint density at radius 2 is 2.10 bits per heavy atom. The van der Waals surface area contributed by atoms with E-state index in [1.54, 1.807) is 0 Å². The Balaban J connectivity index is 1.35. The van der Waals surface area contributed by atoms with Crippen molar-refractivity contribution in [2.24, 2.45) is 5.92 Å². The highest BCUT2D eigenvalue weighted by Crippen LogP contribution is 2.23. The van der Waals surface area contributed by atoms with E-state index in [-0.39, 0.29) is 11.8 Å². The lowest BCUT2D eigenvalue weighted by Gasteiger charge is -2.30. The second-order valence-electron chi connectivity index (χ2n) is 7.64. The minimum atomic E-state index is -0.0556. The van der Waals surface area contributed by atoms with E-state index < -0.39 is 0 Å². The van der Waals surface area contributed by atoms with E-state index in [0.717, 1.165) is 37.1 Å². The summed E-state index contributed by atoms with van der Waals surface area (Å²) < 4.78 is 5.43. The van der Waals surface area contributed by atoms with Gasteiger partial charge in [0.15, 0.2) is 0 Å². The molecule has 7 heteroatoms. The number of aromatic nitrogens is 2. The smallest absolute Gasteiger partial charge is 0.241 e. The summed E-state index contributed by atoms with van der Waals surface area (Å²) in [6.45, 7) is 4.23. The number of nitrogens with zero attached hydrogens (tertiary/aromatic N) is 3. The quantitative estimate of drug-likeness (QED) is 0.615. The second-order valence-corrected chi connectivity index (χ2v) is 8.07. The van der Waals surface area contributed by atoms with Crippen molar-refractivity contribution in [1.82, 2.24) is 15.0 Å². The standard InChI is InChI=1S/C23H25ClN4O2/c1-2-16-8-10-20(11-9-16)25-23(29)18-6-4-12-28(14-18)15-21-26-22(27-30-21)17-5-3-7-19(24)13-17/h3,5,7-11,13,18H,2,4,6,12,14-15H2,1H3,(H,25,29). The molecule has 0 bridgehead atoms. The fourth-order valence-corrected chi connectivity index (χ4v) is 3.93. The minimum absolute atomic E-state index is 0.0556. The van der Waals surface area contributed by atoms with E-state index in [1.165, 1.54) is 5.56 Å². The van der Waals surface area contributed by atoms with Crippen molar-refractivity contribution in [3.63, 3.8) is 0 Å². The van der Waals surface area contributed by atoms with Gasteiger partial charge in [0.2, 0.25) is 17.6 Å². The number of hydrogen-bond acceptors (Lipinski definition) is 5. The summed E-state index contributed by atoms with van der Waals surface area (Å²) in [5, 5.41) is 7.75. The van der Waals surface area contributed by atoms with Crippen LogP contribution in [0.3, 0.4) is 0 Å². The number of nitrogens with one attached hydrogen (secondary N) is 1. The number of halogens is 1. The van der Waals surface area contributed by atoms with Gasteiger partial charge in [-0.2, -0.15) is 4.98 Å². The summed E-state index contributed by atoms with van der Waals surface area (Å²) in [6.07, 6.45) is 2.83. The van der Waals surface area contributed by atoms with E-state index in [2.05, 4.69) is 39.4 Å². The number of likely N-dealkylation sites (tertiary alicyclic amines) is 1. The van der Waals surface area contributed by atoms with Crippen LogP contribution < -0.4 is 5.32 Å². The molecule has 1 aliphatic heterocycles. The van der Waals surface area contributed by atoms with Crippen molar-refractivity contribution in [3.05, 3.63) is 65.0 Å². The molecule has 0 aliphatic carbocycles. The molecule has 1 saturated heterocycles. The molecule has 1 atom stereocenters. The zero-order valence-corrected chi connectivity index (χ0v) is 17.7. The van der Waals surface area contributed by atoms with Crippen molar-refractivity contribution in [3.8, 4) is 11.4 Å². The molecular weight excluding hydrogens is 400 g/mol. The number of anilines is 1. The number of amides is 1. The number of aryl methyl sites for hydroxylation is 1. The molecule has 0 spiro atoms. The summed E-state index contributed by atoms with van der Waals surface area (Å²) in [5.41, 5.74) is 2.92. The van der Waals surface area contributed by atoms with Crippen LogP contribution in [0.15, 0.2) is 53.1 Å². The number of benzene rings is 2. The van der Waals surface area contributed by atoms with Gasteiger partial charge in [-0.3, -0.25) is 9.69 Å². The molecule has 156 valence electrons. The number of hydrogen-bond donors (Lipinski definition) is 1. The number of rotatable bonds is 6. The molecule has 1 fully saturated rings. The average molecular weight is 425 g/mol. The lowest BCUT2D eigenvalue weighted by atomic mass is 9.97. The topological polar surface area (TPSA) is 71.3 Å². The fourth-order valence-electron chi connectivity index (χ4n) is 3.74. The molecule has 0 radical (unpaired) electrons. The summed E-state index contributed by atoms with van der Waals surface area (Å²) in [6, 6.07) is 15.4. The molecule has 1 N–H and O–H groups in total. The SMILES string of the molecule is CCc1ccc(NC(=O)C2CCCN(Cc3nc(-c4cccc(Cl)c4)no3)C2)cc1. The monoisotopic (exact) mass is 424 g/mol. The maximum Gasteiger partial charge on any atom is 0.241 e. The minimum Gasteiger partial charge on any atom is -0.338 e. The van der Waals surface area contributed by atoms with Gasteiger partial charge in [-0.25, -0.2) is 0 Å². The van der Waals surface area contributed by atoms with Gasteiger partial charge in [-0.15, -0.1) is 0 Å². The number of carbonyl (C=O) groups excluding carboxylic acids is 1. The zero-order chi connectivity index (χ0) is 20.9. The Hall–Kier alpha value is -2.70. The van der Waals surface area contributed by atoms with Crippen LogP contribution in [-0.2, 0) is 17.8 Å². The predicted octanol–water partition coefficient (Wildman–Crippen LogP) is 4.80. The molecule has 1 aliphatic rings. The molecule has 0 saturated carbocycles. The first-order valence-corrected chi connectivity index (χ1v) is 10.7. The third-order valence-corrected chi connectivity index (χ3v) is 5.65. The van der Waals surface area contributed by atoms with Gasteiger partial charge < -0.3 is 9.84 Å². The lowest BCUT2D eigenvalue weighted by molar-refractivity contribution is -0.121. The normalized spacial score (nSPS) is 17.1. The van der Waals surface area contributed by atoms with Gasteiger partial charge in [0.25, 0.3) is 0 Å². The van der Waals surface area contributed by atoms with Crippen molar-refractivity contribution in [2.45, 2.75) is 32.7 Å². The molecule has 4 rings (SSSR count). The highest BCUT2D eigenvalue weighted by Gasteiger charge is 2.27. The van der Waals surface area contributed by atoms with E-state index in [4.69, 9.17) is 16.1 Å². The van der Waals surface area contributed by atoms with Crippen LogP contribution in [0.25, 0.3) is 11.4 Å². The van der Waals surface area contributed by atoms with Crippen molar-refractivity contribution < 1.29 is 9.32 Å². The Morgan fingerprint density at radius 1 is 1.27 bits per heavy atom. The highest BCUT2D eigenvalue weighted by atomic mass is 35.5. The van der Waals surface area contributed by atoms with Crippen LogP contribution in [0.1, 0.15) is 31.2 Å². The van der Waals surface area contributed by atoms with Crippen LogP contribution in [0.5, 0.6) is 0 Å². The number of piperidine rings is 1.